The molecule has 3 rings (SSSR count). The third kappa shape index (κ3) is 4.26. The van der Waals surface area contributed by atoms with Crippen molar-refractivity contribution in [1.82, 2.24) is 20.2 Å². The van der Waals surface area contributed by atoms with E-state index in [1.54, 1.807) is 0 Å². The molecule has 1 fully saturated rings. The summed E-state index contributed by atoms with van der Waals surface area (Å²) in [7, 11) is 0. The normalized spacial score (nSPS) is 16.6. The van der Waals surface area contributed by atoms with Gasteiger partial charge < -0.3 is 30.3 Å². The van der Waals surface area contributed by atoms with E-state index >= 15 is 0 Å². The Kier molecular flexibility index (Phi) is 5.54. The van der Waals surface area contributed by atoms with Crippen LogP contribution in [0.5, 0.6) is 11.6 Å². The first-order chi connectivity index (χ1) is 13.3. The lowest BCUT2D eigenvalue weighted by molar-refractivity contribution is -0.0277. The zero-order chi connectivity index (χ0) is 20.3. The third-order valence-corrected chi connectivity index (χ3v) is 4.09. The highest BCUT2D eigenvalue weighted by Gasteiger charge is 2.30. The summed E-state index contributed by atoms with van der Waals surface area (Å²) in [5.74, 6) is -2.99. The van der Waals surface area contributed by atoms with Crippen LogP contribution in [-0.2, 0) is 11.3 Å². The lowest BCUT2D eigenvalue weighted by atomic mass is 10.2. The SMILES string of the molecule is O=C(NCc1ccc(F)cc1)c1nc(C2CN(C(=O)O)CCO2)nc(O)c1O. The number of nitrogens with one attached hydrogen (secondary N) is 1. The predicted octanol–water partition coefficient (Wildman–Crippen LogP) is 1.01. The number of carboxylic acid groups (broad SMARTS) is 1. The number of morpholine rings is 1. The van der Waals surface area contributed by atoms with Crippen molar-refractivity contribution < 1.29 is 34.0 Å². The standard InChI is InChI=1S/C17H17FN4O6/c18-10-3-1-9(2-4-10)7-19-15(24)12-13(23)16(25)21-14(20-12)11-8-22(17(26)27)5-6-28-11/h1-4,11,23H,5-8H2,(H,19,24)(H,26,27)(H,20,21,25). The smallest absolute Gasteiger partial charge is 0.407 e. The van der Waals surface area contributed by atoms with Crippen LogP contribution >= 0.6 is 0 Å². The molecule has 2 aromatic rings. The molecule has 0 spiro atoms. The summed E-state index contributed by atoms with van der Waals surface area (Å²) in [6, 6.07) is 5.44. The molecule has 10 nitrogen and oxygen atoms in total. The summed E-state index contributed by atoms with van der Waals surface area (Å²) >= 11 is 0. The van der Waals surface area contributed by atoms with Gasteiger partial charge in [0.15, 0.2) is 11.5 Å². The van der Waals surface area contributed by atoms with Crippen LogP contribution in [0.15, 0.2) is 24.3 Å². The molecule has 1 aromatic carbocycles. The van der Waals surface area contributed by atoms with Crippen LogP contribution in [0, 0.1) is 5.82 Å². The van der Waals surface area contributed by atoms with Crippen molar-refractivity contribution in [3.8, 4) is 11.6 Å². The zero-order valence-electron chi connectivity index (χ0n) is 14.5. The van der Waals surface area contributed by atoms with Crippen molar-refractivity contribution in [2.75, 3.05) is 19.7 Å². The highest BCUT2D eigenvalue weighted by Crippen LogP contribution is 2.29. The number of ether oxygens (including phenoxy) is 1. The first-order valence-corrected chi connectivity index (χ1v) is 8.27. The topological polar surface area (TPSA) is 145 Å². The Hall–Kier alpha value is -3.47. The Morgan fingerprint density at radius 3 is 2.64 bits per heavy atom. The lowest BCUT2D eigenvalue weighted by Crippen LogP contribution is -2.42. The molecule has 11 heteroatoms. The van der Waals surface area contributed by atoms with E-state index in [4.69, 9.17) is 9.84 Å². The Morgan fingerprint density at radius 1 is 1.25 bits per heavy atom. The van der Waals surface area contributed by atoms with E-state index in [1.807, 2.05) is 0 Å². The molecule has 1 unspecified atom stereocenters. The first-order valence-electron chi connectivity index (χ1n) is 8.27. The van der Waals surface area contributed by atoms with Gasteiger partial charge in [0.1, 0.15) is 11.9 Å². The molecular weight excluding hydrogens is 375 g/mol. The molecule has 1 atom stereocenters. The maximum Gasteiger partial charge on any atom is 0.407 e. The highest BCUT2D eigenvalue weighted by molar-refractivity contribution is 5.95. The summed E-state index contributed by atoms with van der Waals surface area (Å²) in [4.78, 5) is 32.2. The van der Waals surface area contributed by atoms with Gasteiger partial charge in [-0.15, -0.1) is 0 Å². The van der Waals surface area contributed by atoms with Gasteiger partial charge in [-0.1, -0.05) is 12.1 Å². The van der Waals surface area contributed by atoms with Crippen molar-refractivity contribution >= 4 is 12.0 Å². The van der Waals surface area contributed by atoms with Gasteiger partial charge in [0.2, 0.25) is 5.75 Å². The van der Waals surface area contributed by atoms with Crippen LogP contribution in [-0.4, -0.2) is 61.9 Å². The molecule has 1 saturated heterocycles. The number of benzene rings is 1. The molecule has 2 heterocycles. The molecule has 0 aliphatic carbocycles. The van der Waals surface area contributed by atoms with E-state index < -0.39 is 41.2 Å². The number of nitrogens with zero attached hydrogens (tertiary/aromatic N) is 3. The Balaban J connectivity index is 1.77. The van der Waals surface area contributed by atoms with Crippen LogP contribution in [0.2, 0.25) is 0 Å². The fourth-order valence-electron chi connectivity index (χ4n) is 2.61. The fraction of sp³-hybridized carbons (Fsp3) is 0.294. The van der Waals surface area contributed by atoms with Crippen molar-refractivity contribution in [2.45, 2.75) is 12.6 Å². The summed E-state index contributed by atoms with van der Waals surface area (Å²) in [6.45, 7) is 0.205. The average molecular weight is 392 g/mol. The van der Waals surface area contributed by atoms with E-state index in [-0.39, 0.29) is 32.1 Å². The molecule has 148 valence electrons. The molecule has 28 heavy (non-hydrogen) atoms. The molecular formula is C17H17FN4O6. The van der Waals surface area contributed by atoms with Crippen LogP contribution in [0.4, 0.5) is 9.18 Å². The summed E-state index contributed by atoms with van der Waals surface area (Å²) in [5, 5.41) is 31.4. The van der Waals surface area contributed by atoms with Gasteiger partial charge >= 0.3 is 6.09 Å². The molecule has 2 amide bonds. The Morgan fingerprint density at radius 2 is 1.96 bits per heavy atom. The number of hydrogen-bond donors (Lipinski definition) is 4. The minimum absolute atomic E-state index is 0.0331. The van der Waals surface area contributed by atoms with E-state index in [0.29, 0.717) is 5.56 Å². The second-order valence-corrected chi connectivity index (χ2v) is 6.00. The fourth-order valence-corrected chi connectivity index (χ4v) is 2.61. The third-order valence-electron chi connectivity index (χ3n) is 4.09. The average Bonchev–Trinajstić information content (AvgIpc) is 2.69. The number of carbonyl (C=O) groups excluding carboxylic acids is 1. The van der Waals surface area contributed by atoms with Crippen molar-refractivity contribution in [3.63, 3.8) is 0 Å². The summed E-state index contributed by atoms with van der Waals surface area (Å²) in [6.07, 6.45) is -2.05. The maximum atomic E-state index is 12.9. The van der Waals surface area contributed by atoms with Crippen LogP contribution in [0.25, 0.3) is 0 Å². The molecule has 1 aliphatic rings. The van der Waals surface area contributed by atoms with Crippen molar-refractivity contribution in [2.24, 2.45) is 0 Å². The van der Waals surface area contributed by atoms with Gasteiger partial charge in [0, 0.05) is 13.1 Å². The molecule has 0 saturated carbocycles. The second-order valence-electron chi connectivity index (χ2n) is 6.00. The van der Waals surface area contributed by atoms with Crippen LogP contribution in [0.3, 0.4) is 0 Å². The monoisotopic (exact) mass is 392 g/mol. The summed E-state index contributed by atoms with van der Waals surface area (Å²) < 4.78 is 18.4. The maximum absolute atomic E-state index is 12.9. The van der Waals surface area contributed by atoms with Crippen molar-refractivity contribution in [3.05, 3.63) is 47.2 Å². The first kappa shape index (κ1) is 19.3. The van der Waals surface area contributed by atoms with Crippen LogP contribution < -0.4 is 5.32 Å². The number of carbonyl (C=O) groups is 2. The number of rotatable bonds is 4. The highest BCUT2D eigenvalue weighted by atomic mass is 19.1. The van der Waals surface area contributed by atoms with Crippen LogP contribution in [0.1, 0.15) is 28.0 Å². The van der Waals surface area contributed by atoms with E-state index in [0.717, 1.165) is 4.90 Å². The number of amides is 2. The molecule has 0 bridgehead atoms. The van der Waals surface area contributed by atoms with Gasteiger partial charge in [-0.2, -0.15) is 4.98 Å². The Labute approximate surface area is 158 Å². The van der Waals surface area contributed by atoms with Crippen molar-refractivity contribution in [1.29, 1.82) is 0 Å². The van der Waals surface area contributed by atoms with Gasteiger partial charge in [0.05, 0.1) is 13.2 Å². The molecule has 1 aliphatic heterocycles. The lowest BCUT2D eigenvalue weighted by Gasteiger charge is -2.30. The van der Waals surface area contributed by atoms with E-state index in [9.17, 15) is 24.2 Å². The Bertz CT molecular complexity index is 892. The minimum atomic E-state index is -1.14. The number of halogens is 1. The molecule has 4 N–H and O–H groups in total. The van der Waals surface area contributed by atoms with Gasteiger partial charge in [-0.05, 0) is 17.7 Å². The van der Waals surface area contributed by atoms with E-state index in [2.05, 4.69) is 15.3 Å². The number of aromatic nitrogens is 2. The minimum Gasteiger partial charge on any atom is -0.501 e. The van der Waals surface area contributed by atoms with E-state index in [1.165, 1.54) is 24.3 Å². The molecule has 0 radical (unpaired) electrons. The largest absolute Gasteiger partial charge is 0.501 e. The molecule has 1 aromatic heterocycles. The quantitative estimate of drug-likeness (QED) is 0.603. The number of aromatic hydroxyl groups is 2. The van der Waals surface area contributed by atoms with Gasteiger partial charge in [-0.3, -0.25) is 4.79 Å². The second kappa shape index (κ2) is 8.05. The predicted molar refractivity (Wildman–Crippen MR) is 91.2 cm³/mol. The summed E-state index contributed by atoms with van der Waals surface area (Å²) in [5.41, 5.74) is 0.126. The zero-order valence-corrected chi connectivity index (χ0v) is 14.5. The van der Waals surface area contributed by atoms with Gasteiger partial charge in [-0.25, -0.2) is 14.2 Å². The number of hydrogen-bond acceptors (Lipinski definition) is 7. The van der Waals surface area contributed by atoms with Gasteiger partial charge in [0.25, 0.3) is 11.8 Å².